The zero-order valence-electron chi connectivity index (χ0n) is 16.8. The highest BCUT2D eigenvalue weighted by atomic mass is 16.6. The number of anilines is 1. The van der Waals surface area contributed by atoms with Crippen LogP contribution in [0.15, 0.2) is 30.3 Å². The molecule has 3 rings (SSSR count). The Labute approximate surface area is 165 Å². The summed E-state index contributed by atoms with van der Waals surface area (Å²) in [6.07, 6.45) is -0.599. The summed E-state index contributed by atoms with van der Waals surface area (Å²) in [5, 5.41) is 4.48. The first-order valence-corrected chi connectivity index (χ1v) is 9.37. The smallest absolute Gasteiger partial charge is 0.410 e. The normalized spacial score (nSPS) is 17.4. The van der Waals surface area contributed by atoms with Crippen molar-refractivity contribution < 1.29 is 19.0 Å². The number of rotatable bonds is 4. The molecule has 0 saturated carbocycles. The average Bonchev–Trinajstić information content (AvgIpc) is 2.94. The minimum absolute atomic E-state index is 0.260. The Balaban J connectivity index is 1.62. The molecule has 1 amide bonds. The Morgan fingerprint density at radius 2 is 2.04 bits per heavy atom. The van der Waals surface area contributed by atoms with Crippen LogP contribution in [-0.2, 0) is 9.47 Å². The van der Waals surface area contributed by atoms with E-state index in [4.69, 9.17) is 19.9 Å². The number of hydrogen-bond acceptors (Lipinski definition) is 6. The predicted octanol–water partition coefficient (Wildman–Crippen LogP) is 2.78. The fourth-order valence-electron chi connectivity index (χ4n) is 2.88. The molecule has 1 fully saturated rings. The van der Waals surface area contributed by atoms with Gasteiger partial charge in [0, 0.05) is 6.54 Å². The molecule has 1 saturated heterocycles. The third-order valence-electron chi connectivity index (χ3n) is 4.32. The first-order chi connectivity index (χ1) is 13.2. The van der Waals surface area contributed by atoms with Crippen LogP contribution in [0.3, 0.4) is 0 Å². The van der Waals surface area contributed by atoms with Crippen LogP contribution in [-0.4, -0.2) is 58.8 Å². The molecule has 28 heavy (non-hydrogen) atoms. The number of amides is 1. The summed E-state index contributed by atoms with van der Waals surface area (Å²) in [4.78, 5) is 13.9. The van der Waals surface area contributed by atoms with Crippen LogP contribution < -0.4 is 10.5 Å². The van der Waals surface area contributed by atoms with E-state index in [9.17, 15) is 4.79 Å². The van der Waals surface area contributed by atoms with Crippen molar-refractivity contribution in [1.29, 1.82) is 0 Å². The lowest BCUT2D eigenvalue weighted by Gasteiger charge is -2.34. The second-order valence-electron chi connectivity index (χ2n) is 7.79. The molecule has 0 spiro atoms. The van der Waals surface area contributed by atoms with Gasteiger partial charge >= 0.3 is 6.09 Å². The van der Waals surface area contributed by atoms with E-state index in [1.807, 2.05) is 58.0 Å². The van der Waals surface area contributed by atoms with Crippen LogP contribution in [0.2, 0.25) is 0 Å². The van der Waals surface area contributed by atoms with E-state index < -0.39 is 5.60 Å². The zero-order valence-corrected chi connectivity index (χ0v) is 16.8. The highest BCUT2D eigenvalue weighted by Gasteiger charge is 2.29. The Bertz CT molecular complexity index is 814. The first kappa shape index (κ1) is 20.0. The number of carbonyl (C=O) groups is 1. The van der Waals surface area contributed by atoms with Gasteiger partial charge in [-0.1, -0.05) is 18.2 Å². The fraction of sp³-hybridized carbons (Fsp3) is 0.500. The summed E-state index contributed by atoms with van der Waals surface area (Å²) in [6, 6.07) is 9.64. The summed E-state index contributed by atoms with van der Waals surface area (Å²) in [6.45, 7) is 9.03. The molecule has 1 aromatic heterocycles. The molecule has 1 atom stereocenters. The maximum Gasteiger partial charge on any atom is 0.410 e. The van der Waals surface area contributed by atoms with Crippen molar-refractivity contribution in [3.05, 3.63) is 35.9 Å². The Morgan fingerprint density at radius 3 is 2.71 bits per heavy atom. The van der Waals surface area contributed by atoms with Crippen LogP contribution in [0.1, 0.15) is 26.3 Å². The van der Waals surface area contributed by atoms with Crippen molar-refractivity contribution in [3.63, 3.8) is 0 Å². The highest BCUT2D eigenvalue weighted by molar-refractivity contribution is 5.68. The second-order valence-corrected chi connectivity index (χ2v) is 7.79. The third kappa shape index (κ3) is 4.75. The molecule has 2 N–H and O–H groups in total. The number of aromatic nitrogens is 2. The largest absolute Gasteiger partial charge is 0.474 e. The van der Waals surface area contributed by atoms with Crippen LogP contribution in [0.25, 0.3) is 5.69 Å². The molecule has 1 unspecified atom stereocenters. The molecule has 8 nitrogen and oxygen atoms in total. The van der Waals surface area contributed by atoms with Crippen molar-refractivity contribution in [2.75, 3.05) is 32.0 Å². The Hall–Kier alpha value is -2.74. The standard InChI is InChI=1S/C20H28N4O4/c1-14-17(21)24(15-8-6-5-7-9-15)22-18(14)27-13-16-12-23(10-11-26-16)19(25)28-20(2,3)4/h5-9,16H,10-13,21H2,1-4H3. The molecule has 1 aliphatic heterocycles. The number of nitrogens with zero attached hydrogens (tertiary/aromatic N) is 3. The van der Waals surface area contributed by atoms with Crippen LogP contribution in [0.4, 0.5) is 10.6 Å². The number of para-hydroxylation sites is 1. The molecule has 2 aromatic rings. The minimum Gasteiger partial charge on any atom is -0.474 e. The number of benzene rings is 1. The SMILES string of the molecule is Cc1c(OCC2CN(C(=O)OC(C)(C)C)CCO2)nn(-c2ccccc2)c1N. The van der Waals surface area contributed by atoms with Gasteiger partial charge in [-0.2, -0.15) is 0 Å². The maximum atomic E-state index is 12.3. The van der Waals surface area contributed by atoms with Crippen LogP contribution in [0.5, 0.6) is 5.88 Å². The van der Waals surface area contributed by atoms with Crippen molar-refractivity contribution >= 4 is 11.9 Å². The molecular weight excluding hydrogens is 360 g/mol. The lowest BCUT2D eigenvalue weighted by molar-refractivity contribution is -0.0562. The molecule has 0 bridgehead atoms. The lowest BCUT2D eigenvalue weighted by Crippen LogP contribution is -2.49. The summed E-state index contributed by atoms with van der Waals surface area (Å²) in [7, 11) is 0. The molecule has 2 heterocycles. The van der Waals surface area contributed by atoms with Gasteiger partial charge in [0.25, 0.3) is 0 Å². The monoisotopic (exact) mass is 388 g/mol. The van der Waals surface area contributed by atoms with Gasteiger partial charge in [-0.25, -0.2) is 9.48 Å². The van der Waals surface area contributed by atoms with Crippen LogP contribution >= 0.6 is 0 Å². The van der Waals surface area contributed by atoms with Gasteiger partial charge in [0.2, 0.25) is 5.88 Å². The van der Waals surface area contributed by atoms with Crippen molar-refractivity contribution in [2.45, 2.75) is 39.4 Å². The van der Waals surface area contributed by atoms with Gasteiger partial charge in [-0.3, -0.25) is 0 Å². The van der Waals surface area contributed by atoms with Crippen LogP contribution in [0, 0.1) is 6.92 Å². The highest BCUT2D eigenvalue weighted by Crippen LogP contribution is 2.26. The van der Waals surface area contributed by atoms with E-state index in [2.05, 4.69) is 5.10 Å². The number of carbonyl (C=O) groups excluding carboxylic acids is 1. The van der Waals surface area contributed by atoms with Gasteiger partial charge in [-0.15, -0.1) is 5.10 Å². The summed E-state index contributed by atoms with van der Waals surface area (Å²) in [5.41, 5.74) is 7.29. The Kier molecular flexibility index (Phi) is 5.79. The fourth-order valence-corrected chi connectivity index (χ4v) is 2.88. The molecule has 1 aliphatic rings. The van der Waals surface area contributed by atoms with Gasteiger partial charge in [-0.05, 0) is 39.8 Å². The minimum atomic E-state index is -0.527. The third-order valence-corrected chi connectivity index (χ3v) is 4.32. The number of morpholine rings is 1. The quantitative estimate of drug-likeness (QED) is 0.866. The average molecular weight is 388 g/mol. The van der Waals surface area contributed by atoms with E-state index >= 15 is 0 Å². The van der Waals surface area contributed by atoms with Crippen molar-refractivity contribution in [2.24, 2.45) is 0 Å². The molecular formula is C20H28N4O4. The molecule has 1 aromatic carbocycles. The number of ether oxygens (including phenoxy) is 3. The second kappa shape index (κ2) is 8.10. The first-order valence-electron chi connectivity index (χ1n) is 9.37. The van der Waals surface area contributed by atoms with Crippen molar-refractivity contribution in [1.82, 2.24) is 14.7 Å². The number of hydrogen-bond donors (Lipinski definition) is 1. The lowest BCUT2D eigenvalue weighted by atomic mass is 10.2. The van der Waals surface area contributed by atoms with E-state index in [1.165, 1.54) is 0 Å². The molecule has 8 heteroatoms. The molecule has 0 radical (unpaired) electrons. The van der Waals surface area contributed by atoms with E-state index in [1.54, 1.807) is 9.58 Å². The zero-order chi connectivity index (χ0) is 20.3. The van der Waals surface area contributed by atoms with Gasteiger partial charge in [0.05, 0.1) is 24.4 Å². The predicted molar refractivity (Wildman–Crippen MR) is 106 cm³/mol. The van der Waals surface area contributed by atoms with E-state index in [0.29, 0.717) is 31.4 Å². The summed E-state index contributed by atoms with van der Waals surface area (Å²) in [5.74, 6) is 0.987. The molecule has 0 aliphatic carbocycles. The van der Waals surface area contributed by atoms with E-state index in [0.717, 1.165) is 11.3 Å². The number of nitrogens with two attached hydrogens (primary N) is 1. The van der Waals surface area contributed by atoms with Gasteiger partial charge < -0.3 is 24.8 Å². The van der Waals surface area contributed by atoms with E-state index in [-0.39, 0.29) is 18.8 Å². The maximum absolute atomic E-state index is 12.3. The topological polar surface area (TPSA) is 91.8 Å². The Morgan fingerprint density at radius 1 is 1.32 bits per heavy atom. The van der Waals surface area contributed by atoms with Gasteiger partial charge in [0.15, 0.2) is 0 Å². The van der Waals surface area contributed by atoms with Crippen molar-refractivity contribution in [3.8, 4) is 11.6 Å². The van der Waals surface area contributed by atoms with Gasteiger partial charge in [0.1, 0.15) is 24.1 Å². The summed E-state index contributed by atoms with van der Waals surface area (Å²) >= 11 is 0. The number of nitrogen functional groups attached to an aromatic ring is 1. The molecule has 152 valence electrons. The summed E-state index contributed by atoms with van der Waals surface area (Å²) < 4.78 is 18.7.